The lowest BCUT2D eigenvalue weighted by Crippen LogP contribution is -2.32. The number of imide groups is 1. The summed E-state index contributed by atoms with van der Waals surface area (Å²) >= 11 is 0. The van der Waals surface area contributed by atoms with Crippen LogP contribution in [-0.4, -0.2) is 74.5 Å². The number of likely N-dealkylation sites (N-methyl/N-ethyl adjacent to an activating group) is 1. The fourth-order valence-electron chi connectivity index (χ4n) is 2.53. The van der Waals surface area contributed by atoms with Gasteiger partial charge in [-0.2, -0.15) is 0 Å². The van der Waals surface area contributed by atoms with E-state index in [0.29, 0.717) is 5.69 Å². The van der Waals surface area contributed by atoms with Crippen molar-refractivity contribution < 1.29 is 23.9 Å². The molecule has 0 saturated carbocycles. The van der Waals surface area contributed by atoms with Crippen LogP contribution in [0, 0.1) is 0 Å². The van der Waals surface area contributed by atoms with Gasteiger partial charge in [-0.15, -0.1) is 0 Å². The third kappa shape index (κ3) is 5.70. The first kappa shape index (κ1) is 20.2. The van der Waals surface area contributed by atoms with Crippen molar-refractivity contribution in [1.29, 1.82) is 0 Å². The average molecular weight is 376 g/mol. The van der Waals surface area contributed by atoms with Crippen LogP contribution in [0.4, 0.5) is 16.2 Å². The number of esters is 1. The Kier molecular flexibility index (Phi) is 6.75. The average Bonchev–Trinajstić information content (AvgIpc) is 2.86. The Balaban J connectivity index is 1.67. The predicted octanol–water partition coefficient (Wildman–Crippen LogP) is 0.909. The number of urea groups is 1. The molecule has 0 aliphatic carbocycles. The number of ether oxygens (including phenoxy) is 1. The molecular weight excluding hydrogens is 352 g/mol. The van der Waals surface area contributed by atoms with Crippen molar-refractivity contribution in [2.75, 3.05) is 51.1 Å². The topological polar surface area (TPSA) is 99.3 Å². The minimum atomic E-state index is -0.555. The number of carbonyl (C=O) groups excluding carboxylic acids is 4. The van der Waals surface area contributed by atoms with Crippen LogP contribution in [0.5, 0.6) is 0 Å². The van der Waals surface area contributed by atoms with Gasteiger partial charge in [-0.1, -0.05) is 0 Å². The van der Waals surface area contributed by atoms with Gasteiger partial charge in [0.1, 0.15) is 6.54 Å². The van der Waals surface area contributed by atoms with E-state index in [9.17, 15) is 19.2 Å². The normalized spacial score (nSPS) is 13.7. The molecule has 1 saturated heterocycles. The first-order valence-electron chi connectivity index (χ1n) is 8.56. The number of hydrogen-bond acceptors (Lipinski definition) is 6. The second kappa shape index (κ2) is 9.02. The summed E-state index contributed by atoms with van der Waals surface area (Å²) in [5.41, 5.74) is 1.61. The number of amides is 4. The summed E-state index contributed by atoms with van der Waals surface area (Å²) in [6, 6.07) is 6.87. The molecule has 1 aromatic rings. The molecule has 27 heavy (non-hydrogen) atoms. The minimum absolute atomic E-state index is 0.0194. The van der Waals surface area contributed by atoms with Crippen LogP contribution in [-0.2, 0) is 19.1 Å². The lowest BCUT2D eigenvalue weighted by Gasteiger charge is -2.14. The molecule has 0 bridgehead atoms. The van der Waals surface area contributed by atoms with Crippen LogP contribution in [0.25, 0.3) is 0 Å². The molecule has 0 atom stereocenters. The fraction of sp³-hybridized carbons (Fsp3) is 0.444. The highest BCUT2D eigenvalue weighted by atomic mass is 16.5. The number of benzene rings is 1. The van der Waals surface area contributed by atoms with E-state index < -0.39 is 18.5 Å². The Morgan fingerprint density at radius 1 is 1.19 bits per heavy atom. The van der Waals surface area contributed by atoms with Gasteiger partial charge in [0.2, 0.25) is 5.91 Å². The molecule has 2 rings (SSSR count). The second-order valence-electron chi connectivity index (χ2n) is 6.44. The van der Waals surface area contributed by atoms with Gasteiger partial charge in [0, 0.05) is 45.5 Å². The van der Waals surface area contributed by atoms with E-state index in [-0.39, 0.29) is 37.9 Å². The zero-order valence-electron chi connectivity index (χ0n) is 15.7. The molecule has 0 spiro atoms. The standard InChI is InChI=1S/C18H24N4O5/c1-20(2)14-8-6-13(7-9-14)19-15(23)12-27-17(25)5-4-10-22-16(24)11-21(3)18(22)26/h6-9H,4-5,10-12H2,1-3H3,(H,19,23). The maximum atomic E-state index is 11.8. The third-order valence-electron chi connectivity index (χ3n) is 4.03. The molecule has 0 unspecified atom stereocenters. The maximum absolute atomic E-state index is 11.8. The summed E-state index contributed by atoms with van der Waals surface area (Å²) in [5, 5.41) is 2.64. The Labute approximate surface area is 157 Å². The minimum Gasteiger partial charge on any atom is -0.456 e. The maximum Gasteiger partial charge on any atom is 0.326 e. The van der Waals surface area contributed by atoms with Gasteiger partial charge in [0.15, 0.2) is 6.61 Å². The van der Waals surface area contributed by atoms with Crippen molar-refractivity contribution in [3.63, 3.8) is 0 Å². The molecule has 1 aromatic carbocycles. The van der Waals surface area contributed by atoms with Crippen molar-refractivity contribution in [3.05, 3.63) is 24.3 Å². The number of hydrogen-bond donors (Lipinski definition) is 1. The summed E-state index contributed by atoms with van der Waals surface area (Å²) in [5.74, 6) is -1.27. The summed E-state index contributed by atoms with van der Waals surface area (Å²) in [6.45, 7) is -0.181. The van der Waals surface area contributed by atoms with E-state index in [2.05, 4.69) is 5.32 Å². The summed E-state index contributed by atoms with van der Waals surface area (Å²) < 4.78 is 4.92. The SMILES string of the molecule is CN1CC(=O)N(CCCC(=O)OCC(=O)Nc2ccc(N(C)C)cc2)C1=O. The number of anilines is 2. The molecule has 1 aliphatic rings. The molecule has 0 aromatic heterocycles. The Bertz CT molecular complexity index is 717. The second-order valence-corrected chi connectivity index (χ2v) is 6.44. The van der Waals surface area contributed by atoms with Crippen LogP contribution >= 0.6 is 0 Å². The van der Waals surface area contributed by atoms with Gasteiger partial charge in [0.05, 0.1) is 0 Å². The van der Waals surface area contributed by atoms with E-state index in [1.807, 2.05) is 31.1 Å². The predicted molar refractivity (Wildman–Crippen MR) is 99.3 cm³/mol. The van der Waals surface area contributed by atoms with E-state index in [1.54, 1.807) is 19.2 Å². The number of rotatable bonds is 8. The highest BCUT2D eigenvalue weighted by molar-refractivity contribution is 6.01. The van der Waals surface area contributed by atoms with Crippen molar-refractivity contribution in [3.8, 4) is 0 Å². The molecule has 0 radical (unpaired) electrons. The molecule has 146 valence electrons. The largest absolute Gasteiger partial charge is 0.456 e. The van der Waals surface area contributed by atoms with E-state index in [1.165, 1.54) is 4.90 Å². The summed E-state index contributed by atoms with van der Waals surface area (Å²) in [6.07, 6.45) is 0.309. The molecule has 1 aliphatic heterocycles. The summed E-state index contributed by atoms with van der Waals surface area (Å²) in [7, 11) is 5.38. The molecule has 4 amide bonds. The van der Waals surface area contributed by atoms with Crippen LogP contribution in [0.15, 0.2) is 24.3 Å². The molecule has 9 nitrogen and oxygen atoms in total. The molecule has 9 heteroatoms. The van der Waals surface area contributed by atoms with Gasteiger partial charge in [-0.3, -0.25) is 19.3 Å². The summed E-state index contributed by atoms with van der Waals surface area (Å²) in [4.78, 5) is 51.2. The van der Waals surface area contributed by atoms with Gasteiger partial charge < -0.3 is 19.9 Å². The quantitative estimate of drug-likeness (QED) is 0.535. The Morgan fingerprint density at radius 3 is 2.41 bits per heavy atom. The Hall–Kier alpha value is -3.10. The van der Waals surface area contributed by atoms with Crippen LogP contribution in [0.3, 0.4) is 0 Å². The first-order valence-corrected chi connectivity index (χ1v) is 8.56. The van der Waals surface area contributed by atoms with Crippen LogP contribution < -0.4 is 10.2 Å². The lowest BCUT2D eigenvalue weighted by atomic mass is 10.2. The fourth-order valence-corrected chi connectivity index (χ4v) is 2.53. The Morgan fingerprint density at radius 2 is 1.85 bits per heavy atom. The van der Waals surface area contributed by atoms with Crippen LogP contribution in [0.1, 0.15) is 12.8 Å². The van der Waals surface area contributed by atoms with Crippen molar-refractivity contribution in [2.45, 2.75) is 12.8 Å². The zero-order valence-corrected chi connectivity index (χ0v) is 15.7. The highest BCUT2D eigenvalue weighted by Crippen LogP contribution is 2.15. The molecular formula is C18H24N4O5. The van der Waals surface area contributed by atoms with Gasteiger partial charge in [-0.05, 0) is 30.7 Å². The van der Waals surface area contributed by atoms with Gasteiger partial charge >= 0.3 is 12.0 Å². The van der Waals surface area contributed by atoms with Gasteiger partial charge in [0.25, 0.3) is 5.91 Å². The lowest BCUT2D eigenvalue weighted by molar-refractivity contribution is -0.147. The van der Waals surface area contributed by atoms with Crippen molar-refractivity contribution in [2.24, 2.45) is 0 Å². The monoisotopic (exact) mass is 376 g/mol. The molecule has 1 fully saturated rings. The van der Waals surface area contributed by atoms with Gasteiger partial charge in [-0.25, -0.2) is 4.79 Å². The highest BCUT2D eigenvalue weighted by Gasteiger charge is 2.32. The van der Waals surface area contributed by atoms with E-state index in [0.717, 1.165) is 10.6 Å². The molecule has 1 N–H and O–H groups in total. The van der Waals surface area contributed by atoms with E-state index >= 15 is 0 Å². The first-order chi connectivity index (χ1) is 12.8. The third-order valence-corrected chi connectivity index (χ3v) is 4.03. The zero-order chi connectivity index (χ0) is 20.0. The van der Waals surface area contributed by atoms with Crippen molar-refractivity contribution >= 4 is 35.2 Å². The van der Waals surface area contributed by atoms with E-state index in [4.69, 9.17) is 4.74 Å². The number of nitrogens with zero attached hydrogens (tertiary/aromatic N) is 3. The van der Waals surface area contributed by atoms with Crippen molar-refractivity contribution in [1.82, 2.24) is 9.80 Å². The smallest absolute Gasteiger partial charge is 0.326 e. The number of carbonyl (C=O) groups is 4. The molecule has 1 heterocycles. The van der Waals surface area contributed by atoms with Crippen LogP contribution in [0.2, 0.25) is 0 Å². The number of nitrogens with one attached hydrogen (secondary N) is 1.